The number of methoxy groups -OCH3 is 2. The van der Waals surface area contributed by atoms with Crippen molar-refractivity contribution in [3.8, 4) is 11.5 Å². The quantitative estimate of drug-likeness (QED) is 0.818. The lowest BCUT2D eigenvalue weighted by molar-refractivity contribution is -0.122. The van der Waals surface area contributed by atoms with Gasteiger partial charge in [-0.25, -0.2) is 0 Å². The Morgan fingerprint density at radius 3 is 2.22 bits per heavy atom. The fourth-order valence-corrected chi connectivity index (χ4v) is 2.96. The molecule has 0 aliphatic heterocycles. The number of benzene rings is 2. The van der Waals surface area contributed by atoms with Crippen LogP contribution in [0.5, 0.6) is 11.5 Å². The molecule has 6 heteroatoms. The van der Waals surface area contributed by atoms with E-state index in [0.29, 0.717) is 23.6 Å². The van der Waals surface area contributed by atoms with Gasteiger partial charge in [-0.05, 0) is 55.7 Å². The second kappa shape index (κ2) is 7.70. The third kappa shape index (κ3) is 4.22. The second-order valence-corrected chi connectivity index (χ2v) is 6.79. The zero-order chi connectivity index (χ0) is 19.6. The molecule has 1 fully saturated rings. The fourth-order valence-electron chi connectivity index (χ4n) is 2.96. The smallest absolute Gasteiger partial charge is 0.228 e. The van der Waals surface area contributed by atoms with Crippen molar-refractivity contribution in [1.29, 1.82) is 0 Å². The molecule has 0 saturated heterocycles. The summed E-state index contributed by atoms with van der Waals surface area (Å²) >= 11 is 0. The summed E-state index contributed by atoms with van der Waals surface area (Å²) in [6.45, 7) is 4.02. The number of anilines is 2. The number of carbonyl (C=O) groups is 2. The number of rotatable bonds is 6. The van der Waals surface area contributed by atoms with E-state index < -0.39 is 0 Å². The van der Waals surface area contributed by atoms with Gasteiger partial charge in [0.2, 0.25) is 11.8 Å². The molecule has 1 saturated carbocycles. The van der Waals surface area contributed by atoms with Gasteiger partial charge < -0.3 is 20.1 Å². The Labute approximate surface area is 158 Å². The number of aryl methyl sites for hydroxylation is 2. The van der Waals surface area contributed by atoms with Crippen molar-refractivity contribution >= 4 is 23.2 Å². The van der Waals surface area contributed by atoms with Gasteiger partial charge >= 0.3 is 0 Å². The van der Waals surface area contributed by atoms with Crippen LogP contribution in [0.3, 0.4) is 0 Å². The molecule has 0 heterocycles. The summed E-state index contributed by atoms with van der Waals surface area (Å²) in [6.07, 6.45) is 0.543. The van der Waals surface area contributed by atoms with Gasteiger partial charge in [0.25, 0.3) is 0 Å². The fraction of sp³-hybridized carbons (Fsp3) is 0.333. The van der Waals surface area contributed by atoms with Crippen LogP contribution in [0.4, 0.5) is 11.4 Å². The first-order chi connectivity index (χ1) is 12.9. The van der Waals surface area contributed by atoms with Gasteiger partial charge in [-0.1, -0.05) is 6.07 Å². The first-order valence-electron chi connectivity index (χ1n) is 8.84. The van der Waals surface area contributed by atoms with Crippen molar-refractivity contribution in [2.45, 2.75) is 20.3 Å². The van der Waals surface area contributed by atoms with Gasteiger partial charge in [0.1, 0.15) is 11.5 Å². The lowest BCUT2D eigenvalue weighted by atomic mass is 10.1. The van der Waals surface area contributed by atoms with Gasteiger partial charge in [0.15, 0.2) is 0 Å². The first kappa shape index (κ1) is 18.8. The van der Waals surface area contributed by atoms with E-state index in [4.69, 9.17) is 9.47 Å². The average Bonchev–Trinajstić information content (AvgIpc) is 3.46. The Bertz CT molecular complexity index is 878. The van der Waals surface area contributed by atoms with Gasteiger partial charge in [-0.2, -0.15) is 0 Å². The van der Waals surface area contributed by atoms with Crippen LogP contribution in [0.1, 0.15) is 17.5 Å². The summed E-state index contributed by atoms with van der Waals surface area (Å²) in [7, 11) is 3.09. The largest absolute Gasteiger partial charge is 0.497 e. The molecule has 6 nitrogen and oxygen atoms in total. The van der Waals surface area contributed by atoms with E-state index in [0.717, 1.165) is 11.3 Å². The third-order valence-electron chi connectivity index (χ3n) is 4.90. The minimum atomic E-state index is -0.330. The summed E-state index contributed by atoms with van der Waals surface area (Å²) < 4.78 is 10.4. The standard InChI is InChI=1S/C21H24N2O4/c1-12-5-6-14(9-13(12)2)22-20(24)16-11-17(16)21(25)23-18-8-7-15(26-3)10-19(18)27-4/h5-10,16-17H,11H2,1-4H3,(H,22,24)(H,23,25). The van der Waals surface area contributed by atoms with Crippen molar-refractivity contribution in [2.24, 2.45) is 11.8 Å². The molecule has 2 atom stereocenters. The van der Waals surface area contributed by atoms with Crippen LogP contribution >= 0.6 is 0 Å². The van der Waals surface area contributed by atoms with Crippen LogP contribution < -0.4 is 20.1 Å². The highest BCUT2D eigenvalue weighted by Crippen LogP contribution is 2.41. The minimum absolute atomic E-state index is 0.125. The zero-order valence-electron chi connectivity index (χ0n) is 16.0. The predicted molar refractivity (Wildman–Crippen MR) is 104 cm³/mol. The number of ether oxygens (including phenoxy) is 2. The highest BCUT2D eigenvalue weighted by Gasteiger charge is 2.48. The van der Waals surface area contributed by atoms with Gasteiger partial charge in [0, 0.05) is 11.8 Å². The molecule has 1 aliphatic rings. The van der Waals surface area contributed by atoms with Gasteiger partial charge in [-0.15, -0.1) is 0 Å². The van der Waals surface area contributed by atoms with Crippen LogP contribution in [0.15, 0.2) is 36.4 Å². The van der Waals surface area contributed by atoms with Crippen LogP contribution in [0.2, 0.25) is 0 Å². The average molecular weight is 368 g/mol. The zero-order valence-corrected chi connectivity index (χ0v) is 16.0. The minimum Gasteiger partial charge on any atom is -0.497 e. The molecule has 0 radical (unpaired) electrons. The molecule has 2 unspecified atom stereocenters. The summed E-state index contributed by atoms with van der Waals surface area (Å²) in [6, 6.07) is 11.0. The molecule has 0 bridgehead atoms. The molecule has 0 spiro atoms. The molecule has 142 valence electrons. The van der Waals surface area contributed by atoms with Crippen LogP contribution in [0, 0.1) is 25.7 Å². The number of nitrogens with one attached hydrogen (secondary N) is 2. The molecule has 2 aromatic rings. The topological polar surface area (TPSA) is 76.7 Å². The van der Waals surface area contributed by atoms with E-state index in [9.17, 15) is 9.59 Å². The van der Waals surface area contributed by atoms with Crippen LogP contribution in [-0.4, -0.2) is 26.0 Å². The Balaban J connectivity index is 1.60. The van der Waals surface area contributed by atoms with Crippen molar-refractivity contribution in [3.63, 3.8) is 0 Å². The molecular formula is C21H24N2O4. The third-order valence-corrected chi connectivity index (χ3v) is 4.90. The summed E-state index contributed by atoms with van der Waals surface area (Å²) in [5.41, 5.74) is 3.60. The first-order valence-corrected chi connectivity index (χ1v) is 8.84. The van der Waals surface area contributed by atoms with E-state index in [1.165, 1.54) is 12.7 Å². The second-order valence-electron chi connectivity index (χ2n) is 6.79. The van der Waals surface area contributed by atoms with Crippen LogP contribution in [-0.2, 0) is 9.59 Å². The summed E-state index contributed by atoms with van der Waals surface area (Å²) in [4.78, 5) is 24.9. The molecular weight excluding hydrogens is 344 g/mol. The lowest BCUT2D eigenvalue weighted by Gasteiger charge is -2.11. The number of carbonyl (C=O) groups excluding carboxylic acids is 2. The van der Waals surface area contributed by atoms with E-state index in [2.05, 4.69) is 10.6 Å². The monoisotopic (exact) mass is 368 g/mol. The lowest BCUT2D eigenvalue weighted by Crippen LogP contribution is -2.20. The maximum atomic E-state index is 12.5. The van der Waals surface area contributed by atoms with Gasteiger partial charge in [-0.3, -0.25) is 9.59 Å². The number of amides is 2. The highest BCUT2D eigenvalue weighted by molar-refractivity contribution is 6.03. The summed E-state index contributed by atoms with van der Waals surface area (Å²) in [5.74, 6) is 0.208. The van der Waals surface area contributed by atoms with E-state index in [-0.39, 0.29) is 23.7 Å². The maximum absolute atomic E-state index is 12.5. The molecule has 0 aromatic heterocycles. The van der Waals surface area contributed by atoms with Crippen molar-refractivity contribution in [3.05, 3.63) is 47.5 Å². The van der Waals surface area contributed by atoms with E-state index in [1.807, 2.05) is 32.0 Å². The summed E-state index contributed by atoms with van der Waals surface area (Å²) in [5, 5.41) is 5.74. The Kier molecular flexibility index (Phi) is 5.35. The Hall–Kier alpha value is -3.02. The Morgan fingerprint density at radius 1 is 0.889 bits per heavy atom. The van der Waals surface area contributed by atoms with E-state index >= 15 is 0 Å². The van der Waals surface area contributed by atoms with Gasteiger partial charge in [0.05, 0.1) is 31.7 Å². The SMILES string of the molecule is COc1ccc(NC(=O)C2CC2C(=O)Nc2ccc(C)c(C)c2)c(OC)c1. The van der Waals surface area contributed by atoms with Crippen molar-refractivity contribution in [1.82, 2.24) is 0 Å². The molecule has 3 rings (SSSR count). The molecule has 27 heavy (non-hydrogen) atoms. The molecule has 2 amide bonds. The van der Waals surface area contributed by atoms with Crippen LogP contribution in [0.25, 0.3) is 0 Å². The van der Waals surface area contributed by atoms with Crippen molar-refractivity contribution < 1.29 is 19.1 Å². The molecule has 2 N–H and O–H groups in total. The predicted octanol–water partition coefficient (Wildman–Crippen LogP) is 3.53. The molecule has 2 aromatic carbocycles. The Morgan fingerprint density at radius 2 is 1.59 bits per heavy atom. The normalized spacial score (nSPS) is 17.8. The number of hydrogen-bond acceptors (Lipinski definition) is 4. The number of hydrogen-bond donors (Lipinski definition) is 2. The highest BCUT2D eigenvalue weighted by atomic mass is 16.5. The maximum Gasteiger partial charge on any atom is 0.228 e. The van der Waals surface area contributed by atoms with E-state index in [1.54, 1.807) is 25.3 Å². The van der Waals surface area contributed by atoms with Crippen molar-refractivity contribution in [2.75, 3.05) is 24.9 Å². The molecule has 1 aliphatic carbocycles.